The Bertz CT molecular complexity index is 587. The number of sulfonamides is 1. The third kappa shape index (κ3) is 3.24. The van der Waals surface area contributed by atoms with Crippen molar-refractivity contribution in [3.05, 3.63) is 28.3 Å². The molecule has 0 spiro atoms. The highest BCUT2D eigenvalue weighted by Gasteiger charge is 2.31. The summed E-state index contributed by atoms with van der Waals surface area (Å²) in [6.07, 6.45) is 0. The van der Waals surface area contributed by atoms with Gasteiger partial charge < -0.3 is 9.84 Å². The molecule has 1 aromatic carbocycles. The Morgan fingerprint density at radius 1 is 1.45 bits per heavy atom. The summed E-state index contributed by atoms with van der Waals surface area (Å²) in [5.74, 6) is 0.195. The minimum atomic E-state index is -4.04. The monoisotopic (exact) mass is 304 g/mol. The number of ether oxygens (including phenoxy) is 1. The second kappa shape index (κ2) is 6.64. The molecule has 0 aliphatic heterocycles. The first-order valence-electron chi connectivity index (χ1n) is 5.81. The van der Waals surface area contributed by atoms with Gasteiger partial charge >= 0.3 is 0 Å². The highest BCUT2D eigenvalue weighted by molar-refractivity contribution is 7.89. The number of nitro groups is 1. The van der Waals surface area contributed by atoms with E-state index in [4.69, 9.17) is 9.84 Å². The van der Waals surface area contributed by atoms with Crippen molar-refractivity contribution in [2.45, 2.75) is 11.8 Å². The summed E-state index contributed by atoms with van der Waals surface area (Å²) in [4.78, 5) is 9.83. The number of methoxy groups -OCH3 is 1. The lowest BCUT2D eigenvalue weighted by Crippen LogP contribution is -2.33. The number of hydrogen-bond donors (Lipinski definition) is 1. The summed E-state index contributed by atoms with van der Waals surface area (Å²) in [7, 11) is -2.71. The number of nitro benzene ring substituents is 1. The van der Waals surface area contributed by atoms with Crippen molar-refractivity contribution in [1.29, 1.82) is 0 Å². The van der Waals surface area contributed by atoms with E-state index in [1.165, 1.54) is 13.2 Å². The standard InChI is InChI=1S/C11H16N2O6S/c1-3-12(6-7-14)20(17,18)11-5-4-9(19-2)8-10(11)13(15)16/h4-5,8,14H,3,6-7H2,1-2H3. The summed E-state index contributed by atoms with van der Waals surface area (Å²) in [6.45, 7) is 1.20. The van der Waals surface area contributed by atoms with E-state index in [1.807, 2.05) is 0 Å². The predicted molar refractivity (Wildman–Crippen MR) is 71.2 cm³/mol. The van der Waals surface area contributed by atoms with Gasteiger partial charge in [-0.2, -0.15) is 4.31 Å². The Morgan fingerprint density at radius 3 is 2.55 bits per heavy atom. The summed E-state index contributed by atoms with van der Waals surface area (Å²) in [6, 6.07) is 3.53. The Kier molecular flexibility index (Phi) is 5.43. The molecule has 1 rings (SSSR count). The molecule has 112 valence electrons. The van der Waals surface area contributed by atoms with Gasteiger partial charge in [0, 0.05) is 13.1 Å². The number of aliphatic hydroxyl groups excluding tert-OH is 1. The summed E-state index contributed by atoms with van der Waals surface area (Å²) < 4.78 is 30.5. The van der Waals surface area contributed by atoms with Crippen LogP contribution in [0.3, 0.4) is 0 Å². The fourth-order valence-electron chi connectivity index (χ4n) is 1.68. The molecule has 1 aromatic rings. The highest BCUT2D eigenvalue weighted by atomic mass is 32.2. The fourth-order valence-corrected chi connectivity index (χ4v) is 3.26. The van der Waals surface area contributed by atoms with E-state index >= 15 is 0 Å². The van der Waals surface area contributed by atoms with Gasteiger partial charge in [0.2, 0.25) is 10.0 Å². The molecular formula is C11H16N2O6S. The Labute approximate surface area is 116 Å². The average Bonchev–Trinajstić information content (AvgIpc) is 2.43. The van der Waals surface area contributed by atoms with E-state index in [9.17, 15) is 18.5 Å². The maximum atomic E-state index is 12.3. The summed E-state index contributed by atoms with van der Waals surface area (Å²) in [5.41, 5.74) is -0.555. The predicted octanol–water partition coefficient (Wildman–Crippen LogP) is 0.606. The van der Waals surface area contributed by atoms with Gasteiger partial charge in [-0.25, -0.2) is 8.42 Å². The quantitative estimate of drug-likeness (QED) is 0.583. The van der Waals surface area contributed by atoms with E-state index < -0.39 is 25.5 Å². The zero-order valence-electron chi connectivity index (χ0n) is 11.1. The number of aliphatic hydroxyl groups is 1. The molecule has 0 aliphatic rings. The van der Waals surface area contributed by atoms with Crippen LogP contribution < -0.4 is 4.74 Å². The highest BCUT2D eigenvalue weighted by Crippen LogP contribution is 2.30. The van der Waals surface area contributed by atoms with Gasteiger partial charge in [-0.15, -0.1) is 0 Å². The lowest BCUT2D eigenvalue weighted by atomic mass is 10.3. The second-order valence-corrected chi connectivity index (χ2v) is 5.72. The molecule has 0 unspecified atom stereocenters. The molecule has 0 aromatic heterocycles. The normalized spacial score (nSPS) is 11.6. The topological polar surface area (TPSA) is 110 Å². The molecule has 20 heavy (non-hydrogen) atoms. The van der Waals surface area contributed by atoms with Gasteiger partial charge in [0.1, 0.15) is 5.75 Å². The van der Waals surface area contributed by atoms with Crippen molar-refractivity contribution in [2.75, 3.05) is 26.8 Å². The third-order valence-electron chi connectivity index (χ3n) is 2.68. The molecule has 0 fully saturated rings. The zero-order valence-corrected chi connectivity index (χ0v) is 12.0. The summed E-state index contributed by atoms with van der Waals surface area (Å²) in [5, 5.41) is 19.9. The first kappa shape index (κ1) is 16.3. The van der Waals surface area contributed by atoms with Gasteiger partial charge in [-0.3, -0.25) is 10.1 Å². The van der Waals surface area contributed by atoms with E-state index in [-0.39, 0.29) is 25.4 Å². The van der Waals surface area contributed by atoms with Crippen molar-refractivity contribution < 1.29 is 23.2 Å². The largest absolute Gasteiger partial charge is 0.497 e. The number of nitrogens with zero attached hydrogens (tertiary/aromatic N) is 2. The van der Waals surface area contributed by atoms with Crippen LogP contribution in [0.4, 0.5) is 5.69 Å². The number of rotatable bonds is 7. The maximum Gasteiger partial charge on any atom is 0.293 e. The lowest BCUT2D eigenvalue weighted by Gasteiger charge is -2.19. The van der Waals surface area contributed by atoms with Crippen molar-refractivity contribution in [3.63, 3.8) is 0 Å². The van der Waals surface area contributed by atoms with Crippen molar-refractivity contribution in [3.8, 4) is 5.75 Å². The van der Waals surface area contributed by atoms with E-state index in [2.05, 4.69) is 0 Å². The third-order valence-corrected chi connectivity index (χ3v) is 4.70. The van der Waals surface area contributed by atoms with Gasteiger partial charge in [-0.1, -0.05) is 6.92 Å². The van der Waals surface area contributed by atoms with Gasteiger partial charge in [-0.05, 0) is 12.1 Å². The molecule has 9 heteroatoms. The van der Waals surface area contributed by atoms with Crippen LogP contribution in [0.1, 0.15) is 6.92 Å². The molecule has 0 bridgehead atoms. The van der Waals surface area contributed by atoms with Crippen LogP contribution in [0.5, 0.6) is 5.75 Å². The van der Waals surface area contributed by atoms with Gasteiger partial charge in [0.15, 0.2) is 4.90 Å². The van der Waals surface area contributed by atoms with Crippen LogP contribution in [-0.4, -0.2) is 49.6 Å². The molecule has 8 nitrogen and oxygen atoms in total. The summed E-state index contributed by atoms with van der Waals surface area (Å²) >= 11 is 0. The van der Waals surface area contributed by atoms with E-state index in [1.54, 1.807) is 6.92 Å². The SMILES string of the molecule is CCN(CCO)S(=O)(=O)c1ccc(OC)cc1[N+](=O)[O-]. The van der Waals surface area contributed by atoms with Gasteiger partial charge in [0.05, 0.1) is 24.7 Å². The van der Waals surface area contributed by atoms with Crippen LogP contribution in [0.15, 0.2) is 23.1 Å². The molecule has 0 saturated carbocycles. The molecule has 0 radical (unpaired) electrons. The average molecular weight is 304 g/mol. The zero-order chi connectivity index (χ0) is 15.3. The molecule has 0 heterocycles. The van der Waals surface area contributed by atoms with Crippen LogP contribution in [0.25, 0.3) is 0 Å². The number of benzene rings is 1. The smallest absolute Gasteiger partial charge is 0.293 e. The van der Waals surface area contributed by atoms with Crippen LogP contribution >= 0.6 is 0 Å². The molecule has 0 amide bonds. The van der Waals surface area contributed by atoms with Crippen LogP contribution in [0, 0.1) is 10.1 Å². The second-order valence-electron chi connectivity index (χ2n) is 3.81. The van der Waals surface area contributed by atoms with Crippen molar-refractivity contribution in [1.82, 2.24) is 4.31 Å². The maximum absolute atomic E-state index is 12.3. The minimum Gasteiger partial charge on any atom is -0.497 e. The number of likely N-dealkylation sites (N-methyl/N-ethyl adjacent to an activating group) is 1. The van der Waals surface area contributed by atoms with Crippen LogP contribution in [0.2, 0.25) is 0 Å². The Balaban J connectivity index is 3.40. The molecular weight excluding hydrogens is 288 g/mol. The van der Waals surface area contributed by atoms with Crippen molar-refractivity contribution in [2.24, 2.45) is 0 Å². The van der Waals surface area contributed by atoms with Crippen LogP contribution in [-0.2, 0) is 10.0 Å². The first-order chi connectivity index (χ1) is 9.38. The molecule has 0 saturated heterocycles. The Hall–Kier alpha value is -1.71. The lowest BCUT2D eigenvalue weighted by molar-refractivity contribution is -0.387. The van der Waals surface area contributed by atoms with E-state index in [0.29, 0.717) is 0 Å². The first-order valence-corrected chi connectivity index (χ1v) is 7.26. The minimum absolute atomic E-state index is 0.103. The number of hydrogen-bond acceptors (Lipinski definition) is 6. The molecule has 1 N–H and O–H groups in total. The fraction of sp³-hybridized carbons (Fsp3) is 0.455. The van der Waals surface area contributed by atoms with E-state index in [0.717, 1.165) is 16.4 Å². The molecule has 0 aliphatic carbocycles. The van der Waals surface area contributed by atoms with Crippen molar-refractivity contribution >= 4 is 15.7 Å². The molecule has 0 atom stereocenters. The Morgan fingerprint density at radius 2 is 2.10 bits per heavy atom. The van der Waals surface area contributed by atoms with Gasteiger partial charge in [0.25, 0.3) is 5.69 Å².